The molecule has 1 aromatic rings. The van der Waals surface area contributed by atoms with E-state index in [4.69, 9.17) is 13.9 Å². The van der Waals surface area contributed by atoms with Gasteiger partial charge in [0.15, 0.2) is 6.10 Å². The van der Waals surface area contributed by atoms with E-state index in [0.717, 1.165) is 25.0 Å². The highest BCUT2D eigenvalue weighted by Crippen LogP contribution is 2.26. The molecule has 0 N–H and O–H groups in total. The lowest BCUT2D eigenvalue weighted by molar-refractivity contribution is -0.144. The fourth-order valence-corrected chi connectivity index (χ4v) is 1.68. The average molecular weight is 292 g/mol. The monoisotopic (exact) mass is 292 g/mol. The van der Waals surface area contributed by atoms with E-state index < -0.39 is 18.0 Å². The van der Waals surface area contributed by atoms with Crippen molar-refractivity contribution in [2.24, 2.45) is 0 Å². The molecule has 1 aromatic heterocycles. The van der Waals surface area contributed by atoms with Gasteiger partial charge in [-0.05, 0) is 25.0 Å². The third kappa shape index (κ3) is 5.69. The number of rotatable bonds is 9. The molecule has 1 rings (SSSR count). The van der Waals surface area contributed by atoms with Crippen molar-refractivity contribution in [2.75, 3.05) is 0 Å². The van der Waals surface area contributed by atoms with Gasteiger partial charge in [-0.2, -0.15) is 0 Å². The number of carbonyl (C=O) groups is 2. The van der Waals surface area contributed by atoms with Crippen LogP contribution in [0.15, 0.2) is 41.9 Å². The molecular formula is C16H20O5. The van der Waals surface area contributed by atoms with Gasteiger partial charge in [0.2, 0.25) is 0 Å². The van der Waals surface area contributed by atoms with Crippen LogP contribution in [0.4, 0.5) is 0 Å². The van der Waals surface area contributed by atoms with Crippen LogP contribution in [0.3, 0.4) is 0 Å². The molecule has 0 spiro atoms. The maximum absolute atomic E-state index is 11.4. The van der Waals surface area contributed by atoms with Gasteiger partial charge in [-0.15, -0.1) is 0 Å². The van der Waals surface area contributed by atoms with Crippen molar-refractivity contribution in [2.45, 2.75) is 38.9 Å². The van der Waals surface area contributed by atoms with Crippen LogP contribution in [0.1, 0.15) is 43.8 Å². The first-order chi connectivity index (χ1) is 10.1. The van der Waals surface area contributed by atoms with Crippen molar-refractivity contribution in [3.8, 4) is 0 Å². The zero-order valence-electron chi connectivity index (χ0n) is 12.2. The van der Waals surface area contributed by atoms with E-state index in [2.05, 4.69) is 20.1 Å². The van der Waals surface area contributed by atoms with Crippen molar-refractivity contribution >= 4 is 11.9 Å². The first-order valence-corrected chi connectivity index (χ1v) is 6.81. The molecule has 5 heteroatoms. The maximum Gasteiger partial charge on any atom is 0.330 e. The highest BCUT2D eigenvalue weighted by atomic mass is 16.6. The summed E-state index contributed by atoms with van der Waals surface area (Å²) < 4.78 is 15.7. The Kier molecular flexibility index (Phi) is 7.01. The van der Waals surface area contributed by atoms with Crippen LogP contribution in [0.5, 0.6) is 0 Å². The lowest BCUT2D eigenvalue weighted by atomic mass is 10.1. The Hall–Kier alpha value is -2.30. The van der Waals surface area contributed by atoms with Crippen molar-refractivity contribution in [1.29, 1.82) is 0 Å². The van der Waals surface area contributed by atoms with Crippen molar-refractivity contribution < 1.29 is 23.5 Å². The molecule has 1 atom stereocenters. The number of carbonyl (C=O) groups excluding carboxylic acids is 2. The highest BCUT2D eigenvalue weighted by molar-refractivity contribution is 5.81. The SMILES string of the molecule is C=CC(=O)OCc1ccc(C(CCCC)OC(=O)C=C)o1. The zero-order valence-corrected chi connectivity index (χ0v) is 12.2. The van der Waals surface area contributed by atoms with E-state index in [1.165, 1.54) is 0 Å². The minimum absolute atomic E-state index is 0.0146. The number of hydrogen-bond donors (Lipinski definition) is 0. The Balaban J connectivity index is 2.71. The normalized spacial score (nSPS) is 11.5. The molecule has 0 saturated carbocycles. The van der Waals surface area contributed by atoms with Crippen LogP contribution in [0.2, 0.25) is 0 Å². The van der Waals surface area contributed by atoms with Crippen LogP contribution < -0.4 is 0 Å². The van der Waals surface area contributed by atoms with E-state index in [0.29, 0.717) is 17.9 Å². The van der Waals surface area contributed by atoms with Crippen LogP contribution in [0, 0.1) is 0 Å². The maximum atomic E-state index is 11.4. The summed E-state index contributed by atoms with van der Waals surface area (Å²) >= 11 is 0. The molecule has 21 heavy (non-hydrogen) atoms. The molecule has 5 nitrogen and oxygen atoms in total. The zero-order chi connectivity index (χ0) is 15.7. The molecule has 0 amide bonds. The topological polar surface area (TPSA) is 65.7 Å². The van der Waals surface area contributed by atoms with Crippen LogP contribution >= 0.6 is 0 Å². The lowest BCUT2D eigenvalue weighted by Gasteiger charge is -2.14. The summed E-state index contributed by atoms with van der Waals surface area (Å²) in [6.45, 7) is 8.75. The molecule has 114 valence electrons. The summed E-state index contributed by atoms with van der Waals surface area (Å²) in [5.41, 5.74) is 0. The Morgan fingerprint density at radius 3 is 2.62 bits per heavy atom. The third-order valence-electron chi connectivity index (χ3n) is 2.77. The van der Waals surface area contributed by atoms with E-state index in [-0.39, 0.29) is 6.61 Å². The fraction of sp³-hybridized carbons (Fsp3) is 0.375. The molecule has 0 fully saturated rings. The standard InChI is InChI=1S/C16H20O5/c1-4-7-8-13(21-16(18)6-3)14-10-9-12(20-14)11-19-15(17)5-2/h5-6,9-10,13H,2-4,7-8,11H2,1H3. The van der Waals surface area contributed by atoms with E-state index in [1.807, 2.05) is 0 Å². The van der Waals surface area contributed by atoms with Crippen molar-refractivity contribution in [3.05, 3.63) is 49.0 Å². The second kappa shape index (κ2) is 8.79. The molecule has 1 heterocycles. The summed E-state index contributed by atoms with van der Waals surface area (Å²) in [5, 5.41) is 0. The minimum atomic E-state index is -0.520. The van der Waals surface area contributed by atoms with Gasteiger partial charge in [-0.25, -0.2) is 9.59 Å². The van der Waals surface area contributed by atoms with Gasteiger partial charge in [-0.1, -0.05) is 26.5 Å². The number of hydrogen-bond acceptors (Lipinski definition) is 5. The summed E-state index contributed by atoms with van der Waals surface area (Å²) in [6.07, 6.45) is 4.28. The molecule has 0 bridgehead atoms. The summed E-state index contributed by atoms with van der Waals surface area (Å²) in [7, 11) is 0. The molecule has 0 aliphatic rings. The quantitative estimate of drug-likeness (QED) is 0.515. The predicted molar refractivity (Wildman–Crippen MR) is 77.3 cm³/mol. The largest absolute Gasteiger partial charge is 0.458 e. The van der Waals surface area contributed by atoms with Gasteiger partial charge in [0.05, 0.1) is 0 Å². The van der Waals surface area contributed by atoms with E-state index in [9.17, 15) is 9.59 Å². The Morgan fingerprint density at radius 2 is 2.00 bits per heavy atom. The molecule has 0 radical (unpaired) electrons. The molecular weight excluding hydrogens is 272 g/mol. The second-order valence-corrected chi connectivity index (χ2v) is 4.39. The van der Waals surface area contributed by atoms with Gasteiger partial charge in [0.25, 0.3) is 0 Å². The van der Waals surface area contributed by atoms with Crippen LogP contribution in [-0.2, 0) is 25.7 Å². The first kappa shape index (κ1) is 16.8. The second-order valence-electron chi connectivity index (χ2n) is 4.39. The smallest absolute Gasteiger partial charge is 0.330 e. The first-order valence-electron chi connectivity index (χ1n) is 6.81. The van der Waals surface area contributed by atoms with Gasteiger partial charge >= 0.3 is 11.9 Å². The van der Waals surface area contributed by atoms with Crippen LogP contribution in [0.25, 0.3) is 0 Å². The van der Waals surface area contributed by atoms with E-state index in [1.54, 1.807) is 12.1 Å². The highest BCUT2D eigenvalue weighted by Gasteiger charge is 2.19. The summed E-state index contributed by atoms with van der Waals surface area (Å²) in [4.78, 5) is 22.3. The Morgan fingerprint density at radius 1 is 1.29 bits per heavy atom. The number of esters is 2. The van der Waals surface area contributed by atoms with Crippen molar-refractivity contribution in [1.82, 2.24) is 0 Å². The Labute approximate surface area is 124 Å². The Bertz CT molecular complexity index is 501. The van der Waals surface area contributed by atoms with Gasteiger partial charge in [-0.3, -0.25) is 0 Å². The summed E-state index contributed by atoms with van der Waals surface area (Å²) in [5.74, 6) is 0.000332. The molecule has 0 aliphatic carbocycles. The fourth-order valence-electron chi connectivity index (χ4n) is 1.68. The molecule has 0 aliphatic heterocycles. The average Bonchev–Trinajstić information content (AvgIpc) is 2.97. The predicted octanol–water partition coefficient (Wildman–Crippen LogP) is 3.47. The number of furan rings is 1. The van der Waals surface area contributed by atoms with Gasteiger partial charge in [0, 0.05) is 12.2 Å². The lowest BCUT2D eigenvalue weighted by Crippen LogP contribution is -2.08. The molecule has 0 saturated heterocycles. The third-order valence-corrected chi connectivity index (χ3v) is 2.77. The summed E-state index contributed by atoms with van der Waals surface area (Å²) in [6, 6.07) is 3.40. The number of ether oxygens (including phenoxy) is 2. The minimum Gasteiger partial charge on any atom is -0.458 e. The van der Waals surface area contributed by atoms with Gasteiger partial charge < -0.3 is 13.9 Å². The van der Waals surface area contributed by atoms with Crippen LogP contribution in [-0.4, -0.2) is 11.9 Å². The number of unbranched alkanes of at least 4 members (excludes halogenated alkanes) is 1. The molecule has 1 unspecified atom stereocenters. The van der Waals surface area contributed by atoms with Gasteiger partial charge in [0.1, 0.15) is 18.1 Å². The van der Waals surface area contributed by atoms with Crippen molar-refractivity contribution in [3.63, 3.8) is 0 Å². The molecule has 0 aromatic carbocycles. The van der Waals surface area contributed by atoms with E-state index >= 15 is 0 Å².